The molecule has 6 aromatic carbocycles. The van der Waals surface area contributed by atoms with E-state index in [1.165, 1.54) is 102 Å². The van der Waals surface area contributed by atoms with Gasteiger partial charge in [-0.1, -0.05) is 109 Å². The average Bonchev–Trinajstić information content (AvgIpc) is 0.788. The summed E-state index contributed by atoms with van der Waals surface area (Å²) < 4.78 is 125. The molecule has 12 rings (SSSR count). The molecule has 6 heterocycles. The van der Waals surface area contributed by atoms with Crippen molar-refractivity contribution in [3.8, 4) is 67.5 Å². The van der Waals surface area contributed by atoms with E-state index in [1.807, 2.05) is 56.7 Å². The number of benzene rings is 6. The van der Waals surface area contributed by atoms with E-state index in [4.69, 9.17) is 20.6 Å². The van der Waals surface area contributed by atoms with Crippen molar-refractivity contribution in [2.45, 2.75) is 124 Å². The fourth-order valence-electron chi connectivity index (χ4n) is 12.1. The second kappa shape index (κ2) is 33.6. The van der Waals surface area contributed by atoms with Crippen LogP contribution < -0.4 is 27.4 Å². The van der Waals surface area contributed by atoms with Crippen molar-refractivity contribution in [1.82, 2.24) is 0 Å². The van der Waals surface area contributed by atoms with Gasteiger partial charge in [0.15, 0.2) is 36.2 Å². The van der Waals surface area contributed by atoms with E-state index >= 15 is 0 Å². The molecule has 0 unspecified atom stereocenters. The molecular formula is C90H108N6+6. The highest BCUT2D eigenvalue weighted by Crippen LogP contribution is 2.28. The molecule has 0 atom stereocenters. The van der Waals surface area contributed by atoms with Crippen molar-refractivity contribution >= 4 is 0 Å². The molecule has 0 aliphatic carbocycles. The summed E-state index contributed by atoms with van der Waals surface area (Å²) >= 11 is 0. The van der Waals surface area contributed by atoms with E-state index in [9.17, 15) is 0 Å². The fraction of sp³-hybridized carbons (Fsp3) is 0.267. The Labute approximate surface area is 598 Å². The van der Waals surface area contributed by atoms with Crippen molar-refractivity contribution in [1.29, 1.82) is 0 Å². The Bertz CT molecular complexity index is 5250. The van der Waals surface area contributed by atoms with Gasteiger partial charge in [0.05, 0.1) is 11.1 Å². The molecule has 0 aliphatic heterocycles. The van der Waals surface area contributed by atoms with Crippen LogP contribution in [0, 0.1) is 124 Å². The molecular weight excluding hydrogens is 1170 g/mol. The SMILES string of the molecule is Cc1cc(C)c(-c2ccccc2C)[n+](C)c1.Cc1ccc(-c2c(C)cccc2C)[n+](C)c1.Cc1ccccc1-c1ccc(C)c(C)[n+]1C.[2H]C([2H])([2H])c1ccc(-c2c(C)cccc2C([2H])([2H])[2H])[n+](C)c1.[2H]C([2H])([2H])c1ccc(-c2ccccc2C)[n+](C)c1C.[2H]C([2H])([2H])c1ccc(C)c(-c2ccc(C([2H])([2H])[2H])c[n+]2C)c1. The second-order valence-electron chi connectivity index (χ2n) is 25.3. The van der Waals surface area contributed by atoms with Gasteiger partial charge in [-0.2, -0.15) is 9.13 Å². The Morgan fingerprint density at radius 3 is 1.04 bits per heavy atom. The first-order valence-electron chi connectivity index (χ1n) is 40.0. The Hall–Kier alpha value is -9.78. The molecule has 0 N–H and O–H groups in total. The van der Waals surface area contributed by atoms with Gasteiger partial charge in [0, 0.05) is 126 Å². The highest BCUT2D eigenvalue weighted by atomic mass is 15.0. The van der Waals surface area contributed by atoms with Crippen LogP contribution in [-0.4, -0.2) is 0 Å². The summed E-state index contributed by atoms with van der Waals surface area (Å²) in [7, 11) is 11.7. The van der Waals surface area contributed by atoms with E-state index in [-0.39, 0.29) is 22.3 Å². The highest BCUT2D eigenvalue weighted by molar-refractivity contribution is 5.68. The lowest BCUT2D eigenvalue weighted by Gasteiger charge is -2.07. The minimum atomic E-state index is -2.23. The third-order valence-corrected chi connectivity index (χ3v) is 17.7. The van der Waals surface area contributed by atoms with E-state index in [0.717, 1.165) is 39.3 Å². The summed E-state index contributed by atoms with van der Waals surface area (Å²) in [5.41, 5.74) is 29.9. The van der Waals surface area contributed by atoms with Gasteiger partial charge in [-0.25, -0.2) is 18.3 Å². The smallest absolute Gasteiger partial charge is 0.201 e. The number of aryl methyl sites for hydroxylation is 20. The third kappa shape index (κ3) is 18.6. The van der Waals surface area contributed by atoms with Crippen molar-refractivity contribution in [3.05, 3.63) is 319 Å². The van der Waals surface area contributed by atoms with Crippen LogP contribution >= 0.6 is 0 Å². The molecule has 12 aromatic rings. The maximum atomic E-state index is 7.71. The van der Waals surface area contributed by atoms with Gasteiger partial charge >= 0.3 is 0 Å². The van der Waals surface area contributed by atoms with Crippen LogP contribution in [0.1, 0.15) is 121 Å². The molecule has 0 radical (unpaired) electrons. The predicted molar refractivity (Wildman–Crippen MR) is 404 cm³/mol. The first-order valence-corrected chi connectivity index (χ1v) is 32.5. The van der Waals surface area contributed by atoms with E-state index < -0.39 is 34.3 Å². The van der Waals surface area contributed by atoms with Gasteiger partial charge in [0.25, 0.3) is 0 Å². The maximum absolute atomic E-state index is 7.71. The van der Waals surface area contributed by atoms with Crippen LogP contribution in [0.3, 0.4) is 0 Å². The van der Waals surface area contributed by atoms with Crippen molar-refractivity contribution in [3.63, 3.8) is 0 Å². The van der Waals surface area contributed by atoms with Crippen LogP contribution in [0.15, 0.2) is 219 Å². The standard InChI is InChI=1S/6C15H18N/c1-11-5-7-13(3)14(9-11)15-8-6-12(2)10-16(15)4;2*1-11-8-9-14(16(4)10-11)15-12(2)6-5-7-13(15)3;1-11-9-13(3)15(16(4)10-11)14-8-6-5-7-12(14)2;2*1-11-9-10-15(16(4)13(11)3)14-8-6-5-7-12(14)2/h6*5-10H,1-4H3/q6*+1/i2*1D3,2D3;;;1D3;. The fourth-order valence-corrected chi connectivity index (χ4v) is 12.1. The molecule has 96 heavy (non-hydrogen) atoms. The quantitative estimate of drug-likeness (QED) is 0.148. The molecule has 0 saturated heterocycles. The van der Waals surface area contributed by atoms with Crippen LogP contribution in [0.25, 0.3) is 67.5 Å². The van der Waals surface area contributed by atoms with Gasteiger partial charge in [-0.05, 0) is 216 Å². The molecule has 6 aromatic heterocycles. The summed E-state index contributed by atoms with van der Waals surface area (Å²) in [4.78, 5) is 0. The Kier molecular flexibility index (Phi) is 19.0. The van der Waals surface area contributed by atoms with Crippen molar-refractivity contribution in [2.24, 2.45) is 42.3 Å². The lowest BCUT2D eigenvalue weighted by atomic mass is 9.99. The minimum Gasteiger partial charge on any atom is -0.201 e. The first kappa shape index (κ1) is 54.5. The van der Waals surface area contributed by atoms with Crippen molar-refractivity contribution < 1.29 is 48.0 Å². The zero-order chi connectivity index (χ0) is 82.7. The Balaban J connectivity index is 0.000000186. The number of aromatic nitrogens is 6. The monoisotopic (exact) mass is 1290 g/mol. The number of hydrogen-bond donors (Lipinski definition) is 0. The van der Waals surface area contributed by atoms with Gasteiger partial charge in [0.2, 0.25) is 34.2 Å². The molecule has 0 fully saturated rings. The largest absolute Gasteiger partial charge is 0.215 e. The molecule has 0 bridgehead atoms. The van der Waals surface area contributed by atoms with Crippen LogP contribution in [0.5, 0.6) is 0 Å². The number of nitrogens with zero attached hydrogens (tertiary/aromatic N) is 6. The predicted octanol–water partition coefficient (Wildman–Crippen LogP) is 18.6. The Morgan fingerprint density at radius 1 is 0.229 bits per heavy atom. The van der Waals surface area contributed by atoms with E-state index in [2.05, 4.69) is 226 Å². The van der Waals surface area contributed by atoms with Crippen LogP contribution in [-0.2, 0) is 42.3 Å². The number of rotatable bonds is 6. The zero-order valence-electron chi connectivity index (χ0n) is 75.0. The van der Waals surface area contributed by atoms with Gasteiger partial charge in [-0.15, -0.1) is 0 Å². The molecule has 0 amide bonds. The molecule has 6 heteroatoms. The van der Waals surface area contributed by atoms with E-state index in [0.29, 0.717) is 16.8 Å². The summed E-state index contributed by atoms with van der Waals surface area (Å²) in [6.45, 7) is 16.3. The summed E-state index contributed by atoms with van der Waals surface area (Å²) in [5, 5.41) is 0. The summed E-state index contributed by atoms with van der Waals surface area (Å²) in [5.74, 6) is 0. The normalized spacial score (nSPS) is 13.5. The lowest BCUT2D eigenvalue weighted by molar-refractivity contribution is -0.667. The zero-order valence-corrected chi connectivity index (χ0v) is 60.0. The minimum absolute atomic E-state index is 0.225. The number of pyridine rings is 6. The maximum Gasteiger partial charge on any atom is 0.215 e. The summed E-state index contributed by atoms with van der Waals surface area (Å²) in [6, 6.07) is 62.8. The second-order valence-corrected chi connectivity index (χ2v) is 25.3. The van der Waals surface area contributed by atoms with Gasteiger partial charge in [-0.3, -0.25) is 0 Å². The highest BCUT2D eigenvalue weighted by Gasteiger charge is 2.20. The van der Waals surface area contributed by atoms with Gasteiger partial charge in [0.1, 0.15) is 42.3 Å². The Morgan fingerprint density at radius 2 is 0.583 bits per heavy atom. The van der Waals surface area contributed by atoms with Crippen molar-refractivity contribution in [2.75, 3.05) is 0 Å². The van der Waals surface area contributed by atoms with Crippen LogP contribution in [0.4, 0.5) is 0 Å². The lowest BCUT2D eigenvalue weighted by Crippen LogP contribution is -2.35. The molecule has 492 valence electrons. The molecule has 0 aliphatic rings. The first-order chi connectivity index (χ1) is 51.6. The summed E-state index contributed by atoms with van der Waals surface area (Å²) in [6.07, 6.45) is 7.43. The molecule has 0 saturated carbocycles. The topological polar surface area (TPSA) is 23.3 Å². The van der Waals surface area contributed by atoms with E-state index in [1.54, 1.807) is 84.0 Å². The third-order valence-electron chi connectivity index (χ3n) is 17.7. The average molecular weight is 1290 g/mol. The molecule has 6 nitrogen and oxygen atoms in total. The number of hydrogen-bond acceptors (Lipinski definition) is 0. The van der Waals surface area contributed by atoms with Gasteiger partial charge < -0.3 is 0 Å². The van der Waals surface area contributed by atoms with Crippen LogP contribution in [0.2, 0.25) is 0 Å². The molecule has 0 spiro atoms.